The minimum atomic E-state index is 0.643. The Morgan fingerprint density at radius 1 is 0.958 bits per heavy atom. The van der Waals surface area contributed by atoms with E-state index >= 15 is 0 Å². The summed E-state index contributed by atoms with van der Waals surface area (Å²) >= 11 is 0. The van der Waals surface area contributed by atoms with Crippen LogP contribution in [-0.4, -0.2) is 44.2 Å². The van der Waals surface area contributed by atoms with Crippen molar-refractivity contribution in [1.29, 1.82) is 5.26 Å². The molecule has 0 atom stereocenters. The maximum absolute atomic E-state index is 8.89. The highest BCUT2D eigenvalue weighted by atomic mass is 16.5. The highest BCUT2D eigenvalue weighted by molar-refractivity contribution is 5.46. The topological polar surface area (TPSA) is 39.5 Å². The molecule has 0 amide bonds. The van der Waals surface area contributed by atoms with Gasteiger partial charge in [0, 0.05) is 38.4 Å². The van der Waals surface area contributed by atoms with E-state index in [4.69, 9.17) is 10.00 Å². The molecule has 124 valence electrons. The van der Waals surface area contributed by atoms with Gasteiger partial charge in [0.15, 0.2) is 0 Å². The van der Waals surface area contributed by atoms with Gasteiger partial charge in [-0.3, -0.25) is 4.90 Å². The number of ether oxygens (including phenoxy) is 1. The Morgan fingerprint density at radius 2 is 1.75 bits per heavy atom. The van der Waals surface area contributed by atoms with Gasteiger partial charge in [-0.2, -0.15) is 5.26 Å². The minimum absolute atomic E-state index is 0.643. The number of piperazine rings is 1. The summed E-state index contributed by atoms with van der Waals surface area (Å²) in [6.07, 6.45) is 1.00. The SMILES string of the molecule is N#Cc1cccc(OCCCN2CCN(c3ccccc3)CC2)c1. The predicted molar refractivity (Wildman–Crippen MR) is 96.4 cm³/mol. The summed E-state index contributed by atoms with van der Waals surface area (Å²) in [5, 5.41) is 8.89. The molecule has 0 N–H and O–H groups in total. The highest BCUT2D eigenvalue weighted by Gasteiger charge is 2.16. The van der Waals surface area contributed by atoms with Gasteiger partial charge >= 0.3 is 0 Å². The molecular formula is C20H23N3O. The van der Waals surface area contributed by atoms with Crippen LogP contribution in [0.25, 0.3) is 0 Å². The summed E-state index contributed by atoms with van der Waals surface area (Å²) in [6, 6.07) is 20.1. The van der Waals surface area contributed by atoms with Crippen LogP contribution >= 0.6 is 0 Å². The summed E-state index contributed by atoms with van der Waals surface area (Å²) in [7, 11) is 0. The molecule has 1 fully saturated rings. The summed E-state index contributed by atoms with van der Waals surface area (Å²) in [6.45, 7) is 6.09. The zero-order valence-corrected chi connectivity index (χ0v) is 13.9. The summed E-state index contributed by atoms with van der Waals surface area (Å²) in [5.74, 6) is 0.781. The first-order chi connectivity index (χ1) is 11.8. The van der Waals surface area contributed by atoms with E-state index < -0.39 is 0 Å². The largest absolute Gasteiger partial charge is 0.494 e. The van der Waals surface area contributed by atoms with E-state index in [1.807, 2.05) is 12.1 Å². The lowest BCUT2D eigenvalue weighted by molar-refractivity contribution is 0.224. The van der Waals surface area contributed by atoms with Gasteiger partial charge in [0.05, 0.1) is 18.2 Å². The van der Waals surface area contributed by atoms with Crippen molar-refractivity contribution in [1.82, 2.24) is 4.90 Å². The van der Waals surface area contributed by atoms with Crippen LogP contribution in [0.4, 0.5) is 5.69 Å². The highest BCUT2D eigenvalue weighted by Crippen LogP contribution is 2.16. The fourth-order valence-electron chi connectivity index (χ4n) is 3.00. The number of nitrogens with zero attached hydrogens (tertiary/aromatic N) is 3. The van der Waals surface area contributed by atoms with Gasteiger partial charge in [0.1, 0.15) is 5.75 Å². The number of para-hydroxylation sites is 1. The molecule has 0 radical (unpaired) electrons. The Hall–Kier alpha value is -2.51. The fourth-order valence-corrected chi connectivity index (χ4v) is 3.00. The van der Waals surface area contributed by atoms with Crippen LogP contribution in [0.15, 0.2) is 54.6 Å². The lowest BCUT2D eigenvalue weighted by Crippen LogP contribution is -2.46. The van der Waals surface area contributed by atoms with Crippen LogP contribution in [0.3, 0.4) is 0 Å². The van der Waals surface area contributed by atoms with Gasteiger partial charge in [0.2, 0.25) is 0 Å². The van der Waals surface area contributed by atoms with E-state index in [1.165, 1.54) is 5.69 Å². The smallest absolute Gasteiger partial charge is 0.120 e. The zero-order chi connectivity index (χ0) is 16.6. The standard InChI is InChI=1S/C20H23N3O/c21-17-18-6-4-9-20(16-18)24-15-5-10-22-11-13-23(14-12-22)19-7-2-1-3-8-19/h1-4,6-9,16H,5,10-15H2. The Kier molecular flexibility index (Phi) is 5.70. The number of anilines is 1. The molecule has 4 heteroatoms. The van der Waals surface area contributed by atoms with Crippen molar-refractivity contribution in [3.8, 4) is 11.8 Å². The fraction of sp³-hybridized carbons (Fsp3) is 0.350. The first kappa shape index (κ1) is 16.4. The average Bonchev–Trinajstić information content (AvgIpc) is 2.67. The summed E-state index contributed by atoms with van der Waals surface area (Å²) in [5.41, 5.74) is 1.96. The van der Waals surface area contributed by atoms with Gasteiger partial charge in [-0.25, -0.2) is 0 Å². The molecule has 0 saturated carbocycles. The summed E-state index contributed by atoms with van der Waals surface area (Å²) in [4.78, 5) is 4.94. The lowest BCUT2D eigenvalue weighted by atomic mass is 10.2. The van der Waals surface area contributed by atoms with Crippen molar-refractivity contribution in [2.45, 2.75) is 6.42 Å². The van der Waals surface area contributed by atoms with Gasteiger partial charge < -0.3 is 9.64 Å². The third kappa shape index (κ3) is 4.50. The predicted octanol–water partition coefficient (Wildman–Crippen LogP) is 3.15. The average molecular weight is 321 g/mol. The van der Waals surface area contributed by atoms with E-state index in [1.54, 1.807) is 12.1 Å². The quantitative estimate of drug-likeness (QED) is 0.766. The number of benzene rings is 2. The van der Waals surface area contributed by atoms with Crippen LogP contribution in [0, 0.1) is 11.3 Å². The van der Waals surface area contributed by atoms with Crippen LogP contribution in [0.2, 0.25) is 0 Å². The van der Waals surface area contributed by atoms with E-state index in [0.29, 0.717) is 12.2 Å². The molecule has 24 heavy (non-hydrogen) atoms. The molecule has 0 spiro atoms. The molecule has 2 aromatic rings. The monoisotopic (exact) mass is 321 g/mol. The molecule has 1 aliphatic heterocycles. The van der Waals surface area contributed by atoms with E-state index in [-0.39, 0.29) is 0 Å². The van der Waals surface area contributed by atoms with Crippen molar-refractivity contribution < 1.29 is 4.74 Å². The normalized spacial score (nSPS) is 15.0. The van der Waals surface area contributed by atoms with Crippen LogP contribution in [-0.2, 0) is 0 Å². The molecule has 3 rings (SSSR count). The third-order valence-corrected chi connectivity index (χ3v) is 4.34. The molecule has 0 unspecified atom stereocenters. The van der Waals surface area contributed by atoms with E-state index in [9.17, 15) is 0 Å². The lowest BCUT2D eigenvalue weighted by Gasteiger charge is -2.36. The number of nitriles is 1. The van der Waals surface area contributed by atoms with Crippen molar-refractivity contribution in [2.24, 2.45) is 0 Å². The molecule has 0 aliphatic carbocycles. The second kappa shape index (κ2) is 8.37. The Labute approximate surface area is 143 Å². The number of hydrogen-bond acceptors (Lipinski definition) is 4. The number of hydrogen-bond donors (Lipinski definition) is 0. The van der Waals surface area contributed by atoms with E-state index in [0.717, 1.165) is 44.9 Å². The molecule has 0 bridgehead atoms. The van der Waals surface area contributed by atoms with E-state index in [2.05, 4.69) is 46.2 Å². The van der Waals surface area contributed by atoms with Gasteiger partial charge in [0.25, 0.3) is 0 Å². The zero-order valence-electron chi connectivity index (χ0n) is 13.9. The van der Waals surface area contributed by atoms with Crippen molar-refractivity contribution in [2.75, 3.05) is 44.2 Å². The molecule has 1 saturated heterocycles. The van der Waals surface area contributed by atoms with Crippen molar-refractivity contribution in [3.05, 3.63) is 60.2 Å². The second-order valence-corrected chi connectivity index (χ2v) is 6.01. The maximum atomic E-state index is 8.89. The molecule has 4 nitrogen and oxygen atoms in total. The molecule has 1 heterocycles. The molecule has 1 aliphatic rings. The van der Waals surface area contributed by atoms with Gasteiger partial charge in [-0.1, -0.05) is 24.3 Å². The van der Waals surface area contributed by atoms with Crippen molar-refractivity contribution in [3.63, 3.8) is 0 Å². The molecule has 0 aromatic heterocycles. The Balaban J connectivity index is 1.36. The first-order valence-electron chi connectivity index (χ1n) is 8.50. The molecular weight excluding hydrogens is 298 g/mol. The Bertz CT molecular complexity index is 673. The summed E-state index contributed by atoms with van der Waals surface area (Å²) < 4.78 is 5.74. The van der Waals surface area contributed by atoms with Crippen LogP contribution in [0.1, 0.15) is 12.0 Å². The first-order valence-corrected chi connectivity index (χ1v) is 8.50. The third-order valence-electron chi connectivity index (χ3n) is 4.34. The Morgan fingerprint density at radius 3 is 2.50 bits per heavy atom. The number of rotatable bonds is 6. The second-order valence-electron chi connectivity index (χ2n) is 6.01. The van der Waals surface area contributed by atoms with Gasteiger partial charge in [-0.15, -0.1) is 0 Å². The minimum Gasteiger partial charge on any atom is -0.494 e. The molecule has 2 aromatic carbocycles. The van der Waals surface area contributed by atoms with Crippen LogP contribution < -0.4 is 9.64 Å². The van der Waals surface area contributed by atoms with Crippen LogP contribution in [0.5, 0.6) is 5.75 Å². The van der Waals surface area contributed by atoms with Crippen molar-refractivity contribution >= 4 is 5.69 Å². The van der Waals surface area contributed by atoms with Gasteiger partial charge in [-0.05, 0) is 36.8 Å². The maximum Gasteiger partial charge on any atom is 0.120 e.